The summed E-state index contributed by atoms with van der Waals surface area (Å²) >= 11 is 0. The minimum absolute atomic E-state index is 0.500. The van der Waals surface area contributed by atoms with E-state index in [9.17, 15) is 8.63 Å². The largest absolute Gasteiger partial charge is 0.532 e. The van der Waals surface area contributed by atoms with Crippen LogP contribution in [0.25, 0.3) is 0 Å². The van der Waals surface area contributed by atoms with Crippen LogP contribution in [0.4, 0.5) is 20.0 Å². The standard InChI is InChI=1S/C12H10N2.2BFHO/c1-3-7-11(8-4-1)13-14-12-9-5-2-6-10-12;2*2-1-3/h1-10H;2*3H. The predicted octanol–water partition coefficient (Wildman–Crippen LogP) is 3.07. The molecule has 0 spiro atoms. The Balaban J connectivity index is 0.000000520. The molecule has 0 aliphatic rings. The fraction of sp³-hybridized carbons (Fsp3) is 0. The van der Waals surface area contributed by atoms with E-state index in [2.05, 4.69) is 10.2 Å². The van der Waals surface area contributed by atoms with E-state index in [0.717, 1.165) is 11.4 Å². The molecule has 102 valence electrons. The van der Waals surface area contributed by atoms with Gasteiger partial charge < -0.3 is 10.0 Å². The van der Waals surface area contributed by atoms with Crippen LogP contribution in [0.2, 0.25) is 0 Å². The van der Waals surface area contributed by atoms with Crippen molar-refractivity contribution in [3.63, 3.8) is 0 Å². The van der Waals surface area contributed by atoms with Crippen molar-refractivity contribution in [2.24, 2.45) is 10.2 Å². The van der Waals surface area contributed by atoms with Gasteiger partial charge in [-0.3, -0.25) is 8.63 Å². The third-order valence-electron chi connectivity index (χ3n) is 1.79. The number of halogens is 2. The molecule has 20 heavy (non-hydrogen) atoms. The maximum absolute atomic E-state index is 9.72. The molecule has 2 rings (SSSR count). The van der Waals surface area contributed by atoms with Gasteiger partial charge in [0.15, 0.2) is 0 Å². The lowest BCUT2D eigenvalue weighted by Crippen LogP contribution is -1.62. The Bertz CT molecular complexity index is 418. The summed E-state index contributed by atoms with van der Waals surface area (Å²) in [6.45, 7) is 0. The lowest BCUT2D eigenvalue weighted by molar-refractivity contribution is 0.535. The minimum atomic E-state index is -0.500. The maximum Gasteiger partial charge on any atom is 0.532 e. The molecule has 0 aliphatic heterocycles. The van der Waals surface area contributed by atoms with E-state index in [-0.39, 0.29) is 0 Å². The highest BCUT2D eigenvalue weighted by Crippen LogP contribution is 2.16. The first-order chi connectivity index (χ1) is 9.78. The molecule has 0 heterocycles. The number of benzene rings is 2. The molecule has 0 saturated carbocycles. The molecule has 2 radical (unpaired) electrons. The molecule has 0 bridgehead atoms. The SMILES string of the molecule is O[B]F.O[B]F.c1ccc(N=Nc2ccccc2)cc1. The van der Waals surface area contributed by atoms with Crippen molar-refractivity contribution in [2.45, 2.75) is 0 Å². The molecule has 0 fully saturated rings. The Morgan fingerprint density at radius 1 is 0.650 bits per heavy atom. The Kier molecular flexibility index (Phi) is 12.0. The molecule has 0 aromatic heterocycles. The van der Waals surface area contributed by atoms with Crippen molar-refractivity contribution in [3.05, 3.63) is 60.7 Å². The molecule has 0 atom stereocenters. The van der Waals surface area contributed by atoms with Gasteiger partial charge in [0.1, 0.15) is 0 Å². The van der Waals surface area contributed by atoms with Crippen LogP contribution < -0.4 is 0 Å². The first-order valence-corrected chi connectivity index (χ1v) is 5.42. The van der Waals surface area contributed by atoms with Crippen LogP contribution in [0.15, 0.2) is 70.9 Å². The van der Waals surface area contributed by atoms with Gasteiger partial charge in [-0.05, 0) is 24.3 Å². The summed E-state index contributed by atoms with van der Waals surface area (Å²) in [6, 6.07) is 19.4. The number of nitrogens with zero attached hydrogens (tertiary/aromatic N) is 2. The molecule has 0 unspecified atom stereocenters. The van der Waals surface area contributed by atoms with Crippen LogP contribution in [-0.2, 0) is 0 Å². The Labute approximate surface area is 117 Å². The zero-order chi connectivity index (χ0) is 15.1. The molecule has 2 aromatic carbocycles. The molecule has 8 heteroatoms. The average molecular weight is 276 g/mol. The fourth-order valence-electron chi connectivity index (χ4n) is 1.10. The number of hydrogen-bond donors (Lipinski definition) is 2. The fourth-order valence-corrected chi connectivity index (χ4v) is 1.10. The molecule has 2 N–H and O–H groups in total. The summed E-state index contributed by atoms with van der Waals surface area (Å²) in [7, 11) is -1.00. The van der Waals surface area contributed by atoms with Gasteiger partial charge in [0, 0.05) is 0 Å². The van der Waals surface area contributed by atoms with Crippen molar-refractivity contribution in [2.75, 3.05) is 0 Å². The van der Waals surface area contributed by atoms with Crippen LogP contribution in [-0.4, -0.2) is 25.6 Å². The van der Waals surface area contributed by atoms with Gasteiger partial charge in [-0.2, -0.15) is 10.2 Å². The van der Waals surface area contributed by atoms with Gasteiger partial charge in [-0.1, -0.05) is 36.4 Å². The predicted molar refractivity (Wildman–Crippen MR) is 75.2 cm³/mol. The van der Waals surface area contributed by atoms with E-state index in [1.807, 2.05) is 60.7 Å². The smallest absolute Gasteiger partial charge is 0.426 e. The Hall–Kier alpha value is -2.05. The first kappa shape index (κ1) is 17.9. The van der Waals surface area contributed by atoms with E-state index in [4.69, 9.17) is 10.0 Å². The summed E-state index contributed by atoms with van der Waals surface area (Å²) in [4.78, 5) is 0. The minimum Gasteiger partial charge on any atom is -0.426 e. The third-order valence-corrected chi connectivity index (χ3v) is 1.79. The third kappa shape index (κ3) is 9.93. The van der Waals surface area contributed by atoms with Gasteiger partial charge >= 0.3 is 15.5 Å². The molecule has 0 amide bonds. The van der Waals surface area contributed by atoms with E-state index in [1.165, 1.54) is 0 Å². The first-order valence-electron chi connectivity index (χ1n) is 5.42. The van der Waals surface area contributed by atoms with Crippen LogP contribution in [0.5, 0.6) is 0 Å². The zero-order valence-corrected chi connectivity index (χ0v) is 10.5. The lowest BCUT2D eigenvalue weighted by Gasteiger charge is -1.91. The highest BCUT2D eigenvalue weighted by molar-refractivity contribution is 6.14. The Morgan fingerprint density at radius 2 is 0.900 bits per heavy atom. The second-order valence-corrected chi connectivity index (χ2v) is 3.07. The quantitative estimate of drug-likeness (QED) is 0.653. The highest BCUT2D eigenvalue weighted by atomic mass is 19.1. The number of azo groups is 1. The second kappa shape index (κ2) is 13.4. The van der Waals surface area contributed by atoms with Gasteiger partial charge in [0.05, 0.1) is 11.4 Å². The lowest BCUT2D eigenvalue weighted by atomic mass is 10.3. The van der Waals surface area contributed by atoms with Crippen molar-refractivity contribution in [1.82, 2.24) is 0 Å². The second-order valence-electron chi connectivity index (χ2n) is 3.07. The van der Waals surface area contributed by atoms with Crippen LogP contribution in [0, 0.1) is 0 Å². The van der Waals surface area contributed by atoms with Gasteiger partial charge in [0.25, 0.3) is 0 Å². The topological polar surface area (TPSA) is 65.2 Å². The highest BCUT2D eigenvalue weighted by Gasteiger charge is 1.86. The Morgan fingerprint density at radius 3 is 1.15 bits per heavy atom. The molecule has 0 aliphatic carbocycles. The summed E-state index contributed by atoms with van der Waals surface area (Å²) in [5, 5.41) is 21.8. The number of hydrogen-bond acceptors (Lipinski definition) is 4. The molecular weight excluding hydrogens is 264 g/mol. The van der Waals surface area contributed by atoms with Crippen molar-refractivity contribution < 1.29 is 18.7 Å². The summed E-state index contributed by atoms with van der Waals surface area (Å²) in [5.74, 6) is 0. The van der Waals surface area contributed by atoms with Crippen molar-refractivity contribution in [3.8, 4) is 0 Å². The summed E-state index contributed by atoms with van der Waals surface area (Å²) < 4.78 is 19.4. The van der Waals surface area contributed by atoms with E-state index < -0.39 is 15.5 Å². The van der Waals surface area contributed by atoms with Crippen molar-refractivity contribution in [1.29, 1.82) is 0 Å². The van der Waals surface area contributed by atoms with Crippen LogP contribution in [0.3, 0.4) is 0 Å². The maximum atomic E-state index is 9.72. The monoisotopic (exact) mass is 276 g/mol. The van der Waals surface area contributed by atoms with E-state index in [0.29, 0.717) is 0 Å². The molecular formula is C12H12B2F2N2O2. The molecule has 4 nitrogen and oxygen atoms in total. The number of rotatable bonds is 2. The van der Waals surface area contributed by atoms with Gasteiger partial charge in [-0.25, -0.2) is 0 Å². The van der Waals surface area contributed by atoms with Gasteiger partial charge in [0.2, 0.25) is 0 Å². The molecule has 2 aromatic rings. The van der Waals surface area contributed by atoms with Crippen LogP contribution >= 0.6 is 0 Å². The normalized spacial score (nSPS) is 8.80. The average Bonchev–Trinajstić information content (AvgIpc) is 2.49. The zero-order valence-electron chi connectivity index (χ0n) is 10.5. The van der Waals surface area contributed by atoms with Crippen LogP contribution in [0.1, 0.15) is 0 Å². The summed E-state index contributed by atoms with van der Waals surface area (Å²) in [5.41, 5.74) is 1.74. The summed E-state index contributed by atoms with van der Waals surface area (Å²) in [6.07, 6.45) is 0. The van der Waals surface area contributed by atoms with E-state index >= 15 is 0 Å². The van der Waals surface area contributed by atoms with E-state index in [1.54, 1.807) is 0 Å². The van der Waals surface area contributed by atoms with Gasteiger partial charge in [-0.15, -0.1) is 0 Å². The molecule has 0 saturated heterocycles. The van der Waals surface area contributed by atoms with Crippen molar-refractivity contribution >= 4 is 26.9 Å².